The van der Waals surface area contributed by atoms with Crippen LogP contribution in [0, 0.1) is 0 Å². The zero-order valence-electron chi connectivity index (χ0n) is 16.8. The maximum absolute atomic E-state index is 11.8. The number of hydrogen-bond donors (Lipinski definition) is 3. The molecule has 0 aliphatic heterocycles. The molecule has 1 atom stereocenters. The lowest BCUT2D eigenvalue weighted by Crippen LogP contribution is -2.38. The third-order valence-electron chi connectivity index (χ3n) is 5.17. The highest BCUT2D eigenvalue weighted by molar-refractivity contribution is 6.30. The van der Waals surface area contributed by atoms with Crippen molar-refractivity contribution in [2.75, 3.05) is 0 Å². The predicted octanol–water partition coefficient (Wildman–Crippen LogP) is 5.19. The molecule has 6 heteroatoms. The number of aromatic amines is 1. The van der Waals surface area contributed by atoms with Gasteiger partial charge in [0.1, 0.15) is 18.4 Å². The van der Waals surface area contributed by atoms with Gasteiger partial charge in [-0.05, 0) is 47.0 Å². The summed E-state index contributed by atoms with van der Waals surface area (Å²) in [6.45, 7) is 0.865. The summed E-state index contributed by atoms with van der Waals surface area (Å²) in [5, 5.41) is 14.6. The fraction of sp³-hybridized carbons (Fsp3) is 0.160. The topological polar surface area (TPSA) is 74.3 Å². The molecule has 0 amide bonds. The number of ether oxygens (including phenoxy) is 1. The summed E-state index contributed by atoms with van der Waals surface area (Å²) < 4.78 is 5.87. The Morgan fingerprint density at radius 3 is 2.65 bits per heavy atom. The Hall–Kier alpha value is -3.28. The van der Waals surface area contributed by atoms with Crippen molar-refractivity contribution in [3.8, 4) is 5.75 Å². The summed E-state index contributed by atoms with van der Waals surface area (Å²) in [5.41, 5.74) is 3.97. The number of nitrogens with one attached hydrogen (secondary N) is 2. The molecule has 1 unspecified atom stereocenters. The Labute approximate surface area is 185 Å². The molecule has 1 heterocycles. The molecule has 4 rings (SSSR count). The number of carboxylic acids is 1. The van der Waals surface area contributed by atoms with Crippen LogP contribution in [0.2, 0.25) is 5.02 Å². The quantitative estimate of drug-likeness (QED) is 0.339. The molecule has 4 aromatic rings. The van der Waals surface area contributed by atoms with Crippen LogP contribution >= 0.6 is 11.6 Å². The van der Waals surface area contributed by atoms with E-state index in [1.807, 2.05) is 79.0 Å². The van der Waals surface area contributed by atoms with Gasteiger partial charge in [0.15, 0.2) is 0 Å². The molecule has 0 saturated carbocycles. The van der Waals surface area contributed by atoms with E-state index in [2.05, 4.69) is 10.3 Å². The van der Waals surface area contributed by atoms with Crippen LogP contribution in [0.25, 0.3) is 10.9 Å². The molecular weight excluding hydrogens is 412 g/mol. The smallest absolute Gasteiger partial charge is 0.321 e. The van der Waals surface area contributed by atoms with Gasteiger partial charge in [-0.3, -0.25) is 4.79 Å². The van der Waals surface area contributed by atoms with Gasteiger partial charge in [-0.1, -0.05) is 54.1 Å². The van der Waals surface area contributed by atoms with Crippen LogP contribution in [0.3, 0.4) is 0 Å². The third-order valence-corrected chi connectivity index (χ3v) is 5.42. The van der Waals surface area contributed by atoms with E-state index in [1.54, 1.807) is 0 Å². The zero-order chi connectivity index (χ0) is 21.6. The summed E-state index contributed by atoms with van der Waals surface area (Å²) in [6.07, 6.45) is 2.28. The van der Waals surface area contributed by atoms with Gasteiger partial charge in [-0.25, -0.2) is 0 Å². The minimum atomic E-state index is -0.875. The molecule has 1 aromatic heterocycles. The first-order chi connectivity index (χ1) is 15.1. The van der Waals surface area contributed by atoms with E-state index in [9.17, 15) is 9.90 Å². The first kappa shape index (κ1) is 21.0. The van der Waals surface area contributed by atoms with Gasteiger partial charge in [0, 0.05) is 35.1 Å². The van der Waals surface area contributed by atoms with Crippen LogP contribution in [-0.4, -0.2) is 22.1 Å². The second kappa shape index (κ2) is 9.69. The van der Waals surface area contributed by atoms with Crippen LogP contribution in [0.4, 0.5) is 0 Å². The Bertz CT molecular complexity index is 1170. The first-order valence-electron chi connectivity index (χ1n) is 10.1. The molecule has 0 fully saturated rings. The average molecular weight is 435 g/mol. The molecule has 0 aliphatic rings. The standard InChI is InChI=1S/C25H23ClN2O3/c26-20-10-8-17(9-11-20)16-31-21-5-3-4-18(12-21)14-27-24(25(29)30)13-19-15-28-23-7-2-1-6-22(19)23/h1-12,15,24,27-28H,13-14,16H2,(H,29,30). The van der Waals surface area contributed by atoms with Crippen LogP contribution in [0.5, 0.6) is 5.75 Å². The van der Waals surface area contributed by atoms with Gasteiger partial charge in [-0.15, -0.1) is 0 Å². The second-order valence-electron chi connectivity index (χ2n) is 7.40. The van der Waals surface area contributed by atoms with Crippen LogP contribution in [-0.2, 0) is 24.4 Å². The number of aliphatic carboxylic acids is 1. The Balaban J connectivity index is 1.38. The van der Waals surface area contributed by atoms with Crippen LogP contribution in [0.15, 0.2) is 79.0 Å². The molecular formula is C25H23ClN2O3. The van der Waals surface area contributed by atoms with E-state index in [0.717, 1.165) is 33.3 Å². The number of hydrogen-bond acceptors (Lipinski definition) is 3. The molecule has 3 N–H and O–H groups in total. The van der Waals surface area contributed by atoms with Gasteiger partial charge in [-0.2, -0.15) is 0 Å². The third kappa shape index (κ3) is 5.45. The predicted molar refractivity (Wildman–Crippen MR) is 122 cm³/mol. The number of H-pyrrole nitrogens is 1. The van der Waals surface area contributed by atoms with Crippen LogP contribution < -0.4 is 10.1 Å². The van der Waals surface area contributed by atoms with E-state index in [1.165, 1.54) is 0 Å². The summed E-state index contributed by atoms with van der Waals surface area (Å²) in [5.74, 6) is -0.141. The summed E-state index contributed by atoms with van der Waals surface area (Å²) in [6, 6.07) is 22.4. The normalized spacial score (nSPS) is 12.0. The highest BCUT2D eigenvalue weighted by atomic mass is 35.5. The van der Waals surface area contributed by atoms with E-state index in [-0.39, 0.29) is 0 Å². The van der Waals surface area contributed by atoms with Crippen molar-refractivity contribution in [2.24, 2.45) is 0 Å². The van der Waals surface area contributed by atoms with E-state index in [0.29, 0.717) is 24.6 Å². The van der Waals surface area contributed by atoms with Gasteiger partial charge < -0.3 is 20.1 Å². The van der Waals surface area contributed by atoms with E-state index in [4.69, 9.17) is 16.3 Å². The van der Waals surface area contributed by atoms with Crippen molar-refractivity contribution in [3.05, 3.63) is 101 Å². The van der Waals surface area contributed by atoms with Crippen molar-refractivity contribution in [2.45, 2.75) is 25.6 Å². The molecule has 0 radical (unpaired) electrons. The number of rotatable bonds is 9. The SMILES string of the molecule is O=C(O)C(Cc1c[nH]c2ccccc12)NCc1cccc(OCc2ccc(Cl)cc2)c1. The average Bonchev–Trinajstić information content (AvgIpc) is 3.19. The molecule has 0 aliphatic carbocycles. The number of carbonyl (C=O) groups is 1. The Morgan fingerprint density at radius 2 is 1.84 bits per heavy atom. The Kier molecular flexibility index (Phi) is 6.55. The summed E-state index contributed by atoms with van der Waals surface area (Å²) in [4.78, 5) is 15.0. The van der Waals surface area contributed by atoms with Crippen LogP contribution in [0.1, 0.15) is 16.7 Å². The van der Waals surface area contributed by atoms with Gasteiger partial charge in [0.25, 0.3) is 0 Å². The molecule has 0 bridgehead atoms. The first-order valence-corrected chi connectivity index (χ1v) is 10.4. The summed E-state index contributed by atoms with van der Waals surface area (Å²) >= 11 is 5.91. The molecule has 0 saturated heterocycles. The lowest BCUT2D eigenvalue weighted by atomic mass is 10.0. The van der Waals surface area contributed by atoms with E-state index < -0.39 is 12.0 Å². The molecule has 3 aromatic carbocycles. The molecule has 5 nitrogen and oxygen atoms in total. The number of fused-ring (bicyclic) bond motifs is 1. The zero-order valence-corrected chi connectivity index (χ0v) is 17.6. The lowest BCUT2D eigenvalue weighted by Gasteiger charge is -2.15. The van der Waals surface area contributed by atoms with Crippen molar-refractivity contribution in [3.63, 3.8) is 0 Å². The van der Waals surface area contributed by atoms with Gasteiger partial charge in [0.05, 0.1) is 0 Å². The maximum Gasteiger partial charge on any atom is 0.321 e. The second-order valence-corrected chi connectivity index (χ2v) is 7.83. The van der Waals surface area contributed by atoms with E-state index >= 15 is 0 Å². The lowest BCUT2D eigenvalue weighted by molar-refractivity contribution is -0.139. The number of para-hydroxylation sites is 1. The van der Waals surface area contributed by atoms with Crippen molar-refractivity contribution < 1.29 is 14.6 Å². The molecule has 0 spiro atoms. The highest BCUT2D eigenvalue weighted by Gasteiger charge is 2.19. The fourth-order valence-electron chi connectivity index (χ4n) is 3.50. The molecule has 31 heavy (non-hydrogen) atoms. The van der Waals surface area contributed by atoms with Crippen molar-refractivity contribution in [1.29, 1.82) is 0 Å². The highest BCUT2D eigenvalue weighted by Crippen LogP contribution is 2.20. The number of halogens is 1. The molecule has 158 valence electrons. The summed E-state index contributed by atoms with van der Waals surface area (Å²) in [7, 11) is 0. The largest absolute Gasteiger partial charge is 0.489 e. The van der Waals surface area contributed by atoms with Gasteiger partial charge in [0.2, 0.25) is 0 Å². The van der Waals surface area contributed by atoms with Gasteiger partial charge >= 0.3 is 5.97 Å². The monoisotopic (exact) mass is 434 g/mol. The minimum Gasteiger partial charge on any atom is -0.489 e. The van der Waals surface area contributed by atoms with Crippen molar-refractivity contribution in [1.82, 2.24) is 10.3 Å². The minimum absolute atomic E-state index is 0.395. The number of aromatic nitrogens is 1. The maximum atomic E-state index is 11.8. The number of benzene rings is 3. The number of carboxylic acid groups (broad SMARTS) is 1. The Morgan fingerprint density at radius 1 is 1.03 bits per heavy atom. The van der Waals surface area contributed by atoms with Crippen molar-refractivity contribution >= 4 is 28.5 Å². The fourth-order valence-corrected chi connectivity index (χ4v) is 3.63.